The van der Waals surface area contributed by atoms with E-state index in [-0.39, 0.29) is 5.91 Å². The summed E-state index contributed by atoms with van der Waals surface area (Å²) < 4.78 is 5.03. The van der Waals surface area contributed by atoms with Crippen molar-refractivity contribution in [1.29, 1.82) is 0 Å². The molecule has 6 heteroatoms. The van der Waals surface area contributed by atoms with E-state index in [9.17, 15) is 4.79 Å². The van der Waals surface area contributed by atoms with E-state index in [1.807, 2.05) is 13.8 Å². The summed E-state index contributed by atoms with van der Waals surface area (Å²) in [5.74, 6) is 1.13. The Labute approximate surface area is 111 Å². The van der Waals surface area contributed by atoms with Gasteiger partial charge in [0.1, 0.15) is 5.82 Å². The number of nitrogens with one attached hydrogen (secondary N) is 2. The van der Waals surface area contributed by atoms with Gasteiger partial charge in [-0.1, -0.05) is 5.16 Å². The fourth-order valence-electron chi connectivity index (χ4n) is 1.70. The number of aromatic nitrogens is 2. The molecule has 0 bridgehead atoms. The number of pyridine rings is 1. The highest BCUT2D eigenvalue weighted by atomic mass is 16.5. The Hall–Kier alpha value is -2.37. The minimum absolute atomic E-state index is 0.170. The second-order valence-corrected chi connectivity index (χ2v) is 4.25. The summed E-state index contributed by atoms with van der Waals surface area (Å²) in [4.78, 5) is 16.3. The first-order valence-electron chi connectivity index (χ1n) is 5.95. The van der Waals surface area contributed by atoms with E-state index in [4.69, 9.17) is 4.52 Å². The number of nitrogens with zero attached hydrogens (tertiary/aromatic N) is 2. The van der Waals surface area contributed by atoms with Gasteiger partial charge in [-0.25, -0.2) is 4.98 Å². The van der Waals surface area contributed by atoms with Crippen LogP contribution in [0.15, 0.2) is 22.7 Å². The monoisotopic (exact) mass is 260 g/mol. The smallest absolute Gasteiger partial charge is 0.251 e. The molecule has 0 aliphatic heterocycles. The molecule has 0 saturated carbocycles. The summed E-state index contributed by atoms with van der Waals surface area (Å²) in [6, 6.07) is 5.23. The van der Waals surface area contributed by atoms with Crippen LogP contribution in [0, 0.1) is 13.8 Å². The maximum atomic E-state index is 12.0. The van der Waals surface area contributed by atoms with E-state index in [1.165, 1.54) is 0 Å². The molecular formula is C13H16N4O2. The third-order valence-corrected chi connectivity index (χ3v) is 2.57. The van der Waals surface area contributed by atoms with E-state index >= 15 is 0 Å². The Morgan fingerprint density at radius 3 is 2.68 bits per heavy atom. The molecule has 0 aromatic carbocycles. The van der Waals surface area contributed by atoms with Crippen molar-refractivity contribution in [3.8, 4) is 0 Å². The van der Waals surface area contributed by atoms with E-state index < -0.39 is 0 Å². The van der Waals surface area contributed by atoms with Crippen LogP contribution < -0.4 is 10.6 Å². The Bertz CT molecular complexity index is 592. The lowest BCUT2D eigenvalue weighted by Crippen LogP contribution is -2.23. The molecule has 1 amide bonds. The number of amides is 1. The lowest BCUT2D eigenvalue weighted by Gasteiger charge is -2.06. The van der Waals surface area contributed by atoms with Gasteiger partial charge in [0.15, 0.2) is 5.76 Å². The van der Waals surface area contributed by atoms with Gasteiger partial charge < -0.3 is 15.2 Å². The zero-order chi connectivity index (χ0) is 13.8. The molecule has 0 aliphatic carbocycles. The number of rotatable bonds is 4. The van der Waals surface area contributed by atoms with Crippen molar-refractivity contribution in [2.75, 3.05) is 12.4 Å². The fraction of sp³-hybridized carbons (Fsp3) is 0.308. The third kappa shape index (κ3) is 3.31. The zero-order valence-corrected chi connectivity index (χ0v) is 11.2. The predicted molar refractivity (Wildman–Crippen MR) is 70.9 cm³/mol. The number of carbonyl (C=O) groups excluding carboxylic acids is 1. The van der Waals surface area contributed by atoms with Crippen molar-refractivity contribution in [2.45, 2.75) is 20.4 Å². The summed E-state index contributed by atoms with van der Waals surface area (Å²) in [7, 11) is 1.76. The molecular weight excluding hydrogens is 244 g/mol. The van der Waals surface area contributed by atoms with E-state index in [2.05, 4.69) is 20.8 Å². The molecule has 0 fully saturated rings. The van der Waals surface area contributed by atoms with Crippen LogP contribution in [0.5, 0.6) is 0 Å². The first kappa shape index (κ1) is 13.1. The van der Waals surface area contributed by atoms with Gasteiger partial charge in [-0.15, -0.1) is 0 Å². The number of carbonyl (C=O) groups is 1. The van der Waals surface area contributed by atoms with Crippen molar-refractivity contribution >= 4 is 11.7 Å². The third-order valence-electron chi connectivity index (χ3n) is 2.57. The molecule has 100 valence electrons. The summed E-state index contributed by atoms with van der Waals surface area (Å²) in [6.07, 6.45) is 0. The van der Waals surface area contributed by atoms with Crippen LogP contribution in [0.3, 0.4) is 0 Å². The van der Waals surface area contributed by atoms with Crippen LogP contribution in [0.2, 0.25) is 0 Å². The first-order valence-corrected chi connectivity index (χ1v) is 5.95. The van der Waals surface area contributed by atoms with Crippen LogP contribution in [-0.2, 0) is 6.54 Å². The molecule has 0 atom stereocenters. The number of aryl methyl sites for hydroxylation is 2. The molecule has 0 spiro atoms. The molecule has 6 nitrogen and oxygen atoms in total. The highest BCUT2D eigenvalue weighted by Crippen LogP contribution is 2.10. The van der Waals surface area contributed by atoms with Crippen LogP contribution in [0.1, 0.15) is 27.5 Å². The highest BCUT2D eigenvalue weighted by Gasteiger charge is 2.09. The predicted octanol–water partition coefficient (Wildman–Crippen LogP) is 1.66. The van der Waals surface area contributed by atoms with Gasteiger partial charge in [-0.2, -0.15) is 0 Å². The molecule has 0 unspecified atom stereocenters. The molecule has 0 radical (unpaired) electrons. The van der Waals surface area contributed by atoms with Gasteiger partial charge in [-0.3, -0.25) is 4.79 Å². The molecule has 2 heterocycles. The van der Waals surface area contributed by atoms with Crippen molar-refractivity contribution in [1.82, 2.24) is 15.5 Å². The van der Waals surface area contributed by atoms with Crippen molar-refractivity contribution in [3.63, 3.8) is 0 Å². The van der Waals surface area contributed by atoms with Gasteiger partial charge in [0.05, 0.1) is 12.2 Å². The summed E-state index contributed by atoms with van der Waals surface area (Å²) >= 11 is 0. The van der Waals surface area contributed by atoms with E-state index in [0.717, 1.165) is 11.4 Å². The molecule has 2 rings (SSSR count). The molecule has 2 aromatic rings. The number of hydrogen-bond acceptors (Lipinski definition) is 5. The second-order valence-electron chi connectivity index (χ2n) is 4.25. The van der Waals surface area contributed by atoms with Crippen LogP contribution >= 0.6 is 0 Å². The topological polar surface area (TPSA) is 80.0 Å². The van der Waals surface area contributed by atoms with Gasteiger partial charge in [-0.05, 0) is 26.0 Å². The van der Waals surface area contributed by atoms with Crippen LogP contribution in [-0.4, -0.2) is 23.1 Å². The van der Waals surface area contributed by atoms with Crippen LogP contribution in [0.4, 0.5) is 5.82 Å². The van der Waals surface area contributed by atoms with E-state index in [0.29, 0.717) is 23.7 Å². The maximum Gasteiger partial charge on any atom is 0.251 e. The van der Waals surface area contributed by atoms with Gasteiger partial charge in [0.25, 0.3) is 5.91 Å². The fourth-order valence-corrected chi connectivity index (χ4v) is 1.70. The first-order chi connectivity index (χ1) is 9.08. The Morgan fingerprint density at radius 1 is 1.26 bits per heavy atom. The Balaban J connectivity index is 2.05. The minimum atomic E-state index is -0.170. The average Bonchev–Trinajstić information content (AvgIpc) is 2.81. The number of hydrogen-bond donors (Lipinski definition) is 2. The minimum Gasteiger partial charge on any atom is -0.373 e. The lowest BCUT2D eigenvalue weighted by molar-refractivity contribution is 0.0947. The molecule has 19 heavy (non-hydrogen) atoms. The quantitative estimate of drug-likeness (QED) is 0.873. The summed E-state index contributed by atoms with van der Waals surface area (Å²) in [5.41, 5.74) is 2.14. The standard InChI is InChI=1S/C13H16N4O2/c1-8-4-10(6-12(14-3)16-8)13(18)15-7-11-5-9(2)17-19-11/h4-6H,7H2,1-3H3,(H,14,16)(H,15,18). The molecule has 0 saturated heterocycles. The SMILES string of the molecule is CNc1cc(C(=O)NCc2cc(C)no2)cc(C)n1. The maximum absolute atomic E-state index is 12.0. The van der Waals surface area contributed by atoms with Gasteiger partial charge in [0, 0.05) is 24.4 Å². The highest BCUT2D eigenvalue weighted by molar-refractivity contribution is 5.94. The largest absolute Gasteiger partial charge is 0.373 e. The molecule has 2 aromatic heterocycles. The van der Waals surface area contributed by atoms with Gasteiger partial charge in [0.2, 0.25) is 0 Å². The van der Waals surface area contributed by atoms with Crippen molar-refractivity contribution in [3.05, 3.63) is 40.9 Å². The summed E-state index contributed by atoms with van der Waals surface area (Å²) in [6.45, 7) is 3.99. The average molecular weight is 260 g/mol. The lowest BCUT2D eigenvalue weighted by atomic mass is 10.2. The number of anilines is 1. The van der Waals surface area contributed by atoms with Gasteiger partial charge >= 0.3 is 0 Å². The zero-order valence-electron chi connectivity index (χ0n) is 11.2. The second kappa shape index (κ2) is 5.51. The normalized spacial score (nSPS) is 10.3. The Morgan fingerprint density at radius 2 is 2.05 bits per heavy atom. The van der Waals surface area contributed by atoms with Crippen LogP contribution in [0.25, 0.3) is 0 Å². The van der Waals surface area contributed by atoms with E-state index in [1.54, 1.807) is 25.2 Å². The van der Waals surface area contributed by atoms with Crippen molar-refractivity contribution < 1.29 is 9.32 Å². The Kier molecular flexibility index (Phi) is 3.79. The molecule has 0 aliphatic rings. The van der Waals surface area contributed by atoms with Crippen molar-refractivity contribution in [2.24, 2.45) is 0 Å². The summed E-state index contributed by atoms with van der Waals surface area (Å²) in [5, 5.41) is 9.46. The molecule has 2 N–H and O–H groups in total.